The second kappa shape index (κ2) is 11.6. The number of nitrogen functional groups attached to an aromatic ring is 1. The normalized spacial score (nSPS) is 18.9. The van der Waals surface area contributed by atoms with Crippen molar-refractivity contribution in [2.45, 2.75) is 37.3 Å². The summed E-state index contributed by atoms with van der Waals surface area (Å²) < 4.78 is 54.2. The molecule has 3 aliphatic heterocycles. The Labute approximate surface area is 262 Å². The van der Waals surface area contributed by atoms with Crippen molar-refractivity contribution in [1.82, 2.24) is 20.2 Å². The Morgan fingerprint density at radius 3 is 2.64 bits per heavy atom. The first-order chi connectivity index (χ1) is 21.8. The summed E-state index contributed by atoms with van der Waals surface area (Å²) in [6, 6.07) is 5.79. The standard InChI is InChI=1S/C33H32F3N7OS/c1-2-11-42(12-3-6-19-17-39-19)31-26-24(35)15-21(20-7-8-23(34)29-25(20)22(16-37)30(38)45-29)27(36)28(26)40-32(41-31)44-18-33-9-4-13-43(33)14-5-10-33/h2-3,6-8,15,19,39H,1,4-5,9-14,17-18,38H2. The molecule has 0 saturated carbocycles. The number of nitriles is 1. The lowest BCUT2D eigenvalue weighted by atomic mass is 9.95. The number of ether oxygens (including phenoxy) is 1. The zero-order valence-corrected chi connectivity index (χ0v) is 25.4. The summed E-state index contributed by atoms with van der Waals surface area (Å²) in [5.41, 5.74) is 5.64. The van der Waals surface area contributed by atoms with Crippen molar-refractivity contribution in [2.24, 2.45) is 0 Å². The van der Waals surface area contributed by atoms with E-state index >= 15 is 8.78 Å². The van der Waals surface area contributed by atoms with Crippen molar-refractivity contribution in [3.63, 3.8) is 0 Å². The Morgan fingerprint density at radius 1 is 1.16 bits per heavy atom. The second-order valence-corrected chi connectivity index (χ2v) is 12.9. The number of hydrogen-bond acceptors (Lipinski definition) is 9. The number of rotatable bonds is 10. The molecule has 0 spiro atoms. The molecule has 3 aliphatic rings. The summed E-state index contributed by atoms with van der Waals surface area (Å²) in [4.78, 5) is 13.3. The number of fused-ring (bicyclic) bond motifs is 3. The van der Waals surface area contributed by atoms with Gasteiger partial charge in [0.25, 0.3) is 0 Å². The highest BCUT2D eigenvalue weighted by Gasteiger charge is 2.45. The van der Waals surface area contributed by atoms with E-state index in [1.807, 2.05) is 18.2 Å². The molecule has 5 heterocycles. The predicted molar refractivity (Wildman–Crippen MR) is 171 cm³/mol. The van der Waals surface area contributed by atoms with E-state index < -0.39 is 17.5 Å². The zero-order chi connectivity index (χ0) is 31.3. The van der Waals surface area contributed by atoms with E-state index in [2.05, 4.69) is 26.8 Å². The Balaban J connectivity index is 1.39. The van der Waals surface area contributed by atoms with Crippen LogP contribution in [0.15, 0.2) is 43.0 Å². The molecular formula is C33H32F3N7OS. The highest BCUT2D eigenvalue weighted by molar-refractivity contribution is 7.23. The molecule has 0 bridgehead atoms. The fraction of sp³-hybridized carbons (Fsp3) is 0.364. The van der Waals surface area contributed by atoms with Gasteiger partial charge in [-0.1, -0.05) is 24.3 Å². The number of nitrogens with zero attached hydrogens (tertiary/aromatic N) is 5. The summed E-state index contributed by atoms with van der Waals surface area (Å²) in [5.74, 6) is -2.02. The van der Waals surface area contributed by atoms with Gasteiger partial charge in [0, 0.05) is 36.6 Å². The van der Waals surface area contributed by atoms with Crippen molar-refractivity contribution in [2.75, 3.05) is 50.0 Å². The van der Waals surface area contributed by atoms with Crippen LogP contribution in [0.4, 0.5) is 24.0 Å². The molecule has 232 valence electrons. The molecule has 2 aromatic carbocycles. The van der Waals surface area contributed by atoms with Gasteiger partial charge < -0.3 is 20.7 Å². The van der Waals surface area contributed by atoms with Crippen LogP contribution in [0, 0.1) is 28.8 Å². The maximum absolute atomic E-state index is 16.7. The van der Waals surface area contributed by atoms with E-state index in [-0.39, 0.29) is 60.0 Å². The van der Waals surface area contributed by atoms with Gasteiger partial charge in [-0.2, -0.15) is 15.2 Å². The van der Waals surface area contributed by atoms with Gasteiger partial charge in [0.15, 0.2) is 5.82 Å². The molecule has 3 N–H and O–H groups in total. The molecule has 0 amide bonds. The minimum Gasteiger partial charge on any atom is -0.461 e. The van der Waals surface area contributed by atoms with Crippen molar-refractivity contribution >= 4 is 43.1 Å². The smallest absolute Gasteiger partial charge is 0.319 e. The number of benzene rings is 2. The van der Waals surface area contributed by atoms with Gasteiger partial charge in [-0.15, -0.1) is 17.9 Å². The average Bonchev–Trinajstić information content (AvgIpc) is 3.48. The summed E-state index contributed by atoms with van der Waals surface area (Å²) in [6.07, 6.45) is 9.81. The van der Waals surface area contributed by atoms with Gasteiger partial charge in [0.2, 0.25) is 0 Å². The molecule has 3 saturated heterocycles. The van der Waals surface area contributed by atoms with Crippen LogP contribution in [0.5, 0.6) is 6.01 Å². The van der Waals surface area contributed by atoms with Crippen molar-refractivity contribution in [1.29, 1.82) is 5.26 Å². The predicted octanol–water partition coefficient (Wildman–Crippen LogP) is 5.91. The summed E-state index contributed by atoms with van der Waals surface area (Å²) >= 11 is 0.894. The number of anilines is 2. The lowest BCUT2D eigenvalue weighted by Crippen LogP contribution is -2.43. The molecule has 8 nitrogen and oxygen atoms in total. The first-order valence-electron chi connectivity index (χ1n) is 15.1. The lowest BCUT2D eigenvalue weighted by Gasteiger charge is -2.31. The highest BCUT2D eigenvalue weighted by atomic mass is 32.1. The number of hydrogen-bond donors (Lipinski definition) is 2. The zero-order valence-electron chi connectivity index (χ0n) is 24.6. The van der Waals surface area contributed by atoms with Crippen molar-refractivity contribution < 1.29 is 17.9 Å². The van der Waals surface area contributed by atoms with E-state index in [1.165, 1.54) is 6.07 Å². The quantitative estimate of drug-likeness (QED) is 0.164. The molecule has 1 unspecified atom stereocenters. The monoisotopic (exact) mass is 631 g/mol. The van der Waals surface area contributed by atoms with E-state index in [0.29, 0.717) is 25.7 Å². The molecule has 1 atom stereocenters. The van der Waals surface area contributed by atoms with Gasteiger partial charge in [0.05, 0.1) is 21.2 Å². The minimum atomic E-state index is -0.834. The third-order valence-electron chi connectivity index (χ3n) is 9.11. The van der Waals surface area contributed by atoms with Crippen LogP contribution in [0.3, 0.4) is 0 Å². The maximum atomic E-state index is 16.7. The van der Waals surface area contributed by atoms with Crippen molar-refractivity contribution in [3.05, 3.63) is 66.0 Å². The van der Waals surface area contributed by atoms with Gasteiger partial charge in [-0.25, -0.2) is 13.2 Å². The largest absolute Gasteiger partial charge is 0.461 e. The Bertz CT molecular complexity index is 1890. The first-order valence-corrected chi connectivity index (χ1v) is 15.9. The minimum absolute atomic E-state index is 0.0165. The van der Waals surface area contributed by atoms with Crippen molar-refractivity contribution in [3.8, 4) is 23.2 Å². The molecule has 0 aliphatic carbocycles. The SMILES string of the molecule is C=CCN(CC=CC1CN1)c1nc(OCC23CCCN2CCC3)nc2c(F)c(-c3ccc(F)c4sc(N)c(C#N)c34)cc(F)c12. The molecular weight excluding hydrogens is 599 g/mol. The summed E-state index contributed by atoms with van der Waals surface area (Å²) in [7, 11) is 0. The second-order valence-electron chi connectivity index (χ2n) is 11.9. The van der Waals surface area contributed by atoms with E-state index in [4.69, 9.17) is 10.5 Å². The van der Waals surface area contributed by atoms with Gasteiger partial charge in [0.1, 0.15) is 40.6 Å². The number of aromatic nitrogens is 2. The third-order valence-corrected chi connectivity index (χ3v) is 10.1. The Hall–Kier alpha value is -4.18. The molecule has 4 aromatic rings. The van der Waals surface area contributed by atoms with Crippen LogP contribution < -0.4 is 20.7 Å². The average molecular weight is 632 g/mol. The molecule has 0 radical (unpaired) electrons. The van der Waals surface area contributed by atoms with Gasteiger partial charge in [-0.05, 0) is 56.5 Å². The molecule has 2 aromatic heterocycles. The summed E-state index contributed by atoms with van der Waals surface area (Å²) in [5, 5.41) is 13.1. The molecule has 7 rings (SSSR count). The van der Waals surface area contributed by atoms with Crippen LogP contribution in [-0.4, -0.2) is 65.8 Å². The van der Waals surface area contributed by atoms with Crippen LogP contribution in [0.2, 0.25) is 0 Å². The van der Waals surface area contributed by atoms with E-state index in [1.54, 1.807) is 11.0 Å². The van der Waals surface area contributed by atoms with Crippen LogP contribution in [0.25, 0.3) is 32.1 Å². The van der Waals surface area contributed by atoms with Crippen LogP contribution >= 0.6 is 11.3 Å². The van der Waals surface area contributed by atoms with Crippen LogP contribution in [0.1, 0.15) is 31.2 Å². The molecule has 3 fully saturated rings. The lowest BCUT2D eigenvalue weighted by molar-refractivity contribution is 0.108. The maximum Gasteiger partial charge on any atom is 0.319 e. The van der Waals surface area contributed by atoms with Gasteiger partial charge in [-0.3, -0.25) is 4.90 Å². The fourth-order valence-corrected chi connectivity index (χ4v) is 7.78. The fourth-order valence-electron chi connectivity index (χ4n) is 6.83. The van der Waals surface area contributed by atoms with E-state index in [9.17, 15) is 9.65 Å². The highest BCUT2D eigenvalue weighted by Crippen LogP contribution is 2.44. The topological polar surface area (TPSA) is 113 Å². The number of nitrogens with one attached hydrogen (secondary N) is 1. The number of thiophene rings is 1. The Morgan fingerprint density at radius 2 is 1.93 bits per heavy atom. The number of halogens is 3. The number of nitrogens with two attached hydrogens (primary N) is 1. The van der Waals surface area contributed by atoms with E-state index in [0.717, 1.165) is 68.8 Å². The Kier molecular flexibility index (Phi) is 7.63. The first kappa shape index (κ1) is 29.5. The molecule has 45 heavy (non-hydrogen) atoms. The molecule has 12 heteroatoms. The van der Waals surface area contributed by atoms with Crippen LogP contribution in [-0.2, 0) is 0 Å². The third kappa shape index (κ3) is 5.18. The van der Waals surface area contributed by atoms with Gasteiger partial charge >= 0.3 is 6.01 Å². The summed E-state index contributed by atoms with van der Waals surface area (Å²) in [6.45, 7) is 7.80.